The lowest BCUT2D eigenvalue weighted by Gasteiger charge is -2.51. The van der Waals surface area contributed by atoms with Crippen LogP contribution in [0.2, 0.25) is 0 Å². The molecule has 5 aliphatic heterocycles. The molecule has 10 aromatic rings. The number of rotatable bonds is 2. The Morgan fingerprint density at radius 1 is 0.333 bits per heavy atom. The van der Waals surface area contributed by atoms with Gasteiger partial charge in [0, 0.05) is 50.0 Å². The number of benzene rings is 8. The number of hydrogen-bond acceptors (Lipinski definition) is 1. The topological polar surface area (TPSA) is 13.1 Å². The molecule has 0 N–H and O–H groups in total. The third-order valence-corrected chi connectivity index (χ3v) is 13.7. The number of fused-ring (bicyclic) bond motifs is 8. The maximum Gasteiger partial charge on any atom is 0.257 e. The van der Waals surface area contributed by atoms with Gasteiger partial charge < -0.3 is 14.0 Å². The summed E-state index contributed by atoms with van der Waals surface area (Å²) < 4.78 is 5.26. The molecule has 15 rings (SSSR count). The average Bonchev–Trinajstić information content (AvgIpc) is 3.75. The molecule has 0 radical (unpaired) electrons. The van der Waals surface area contributed by atoms with Crippen LogP contribution in [-0.2, 0) is 0 Å². The van der Waals surface area contributed by atoms with Gasteiger partial charge in [0.2, 0.25) is 13.4 Å². The normalized spacial score (nSPS) is 14.5. The van der Waals surface area contributed by atoms with Gasteiger partial charge in [-0.1, -0.05) is 138 Å². The van der Waals surface area contributed by atoms with Gasteiger partial charge in [-0.25, -0.2) is 0 Å². The summed E-state index contributed by atoms with van der Waals surface area (Å²) in [6.07, 6.45) is 0. The molecule has 0 fully saturated rings. The van der Waals surface area contributed by atoms with Crippen LogP contribution in [0.1, 0.15) is 0 Å². The summed E-state index contributed by atoms with van der Waals surface area (Å²) >= 11 is 0. The largest absolute Gasteiger partial charge is 0.313 e. The van der Waals surface area contributed by atoms with Crippen LogP contribution in [0.3, 0.4) is 0 Å². The van der Waals surface area contributed by atoms with Crippen molar-refractivity contribution in [2.75, 3.05) is 4.90 Å². The summed E-state index contributed by atoms with van der Waals surface area (Å²) in [5.74, 6) is 0. The zero-order chi connectivity index (χ0) is 34.6. The summed E-state index contributed by atoms with van der Waals surface area (Å²) in [4.78, 5) is 2.74. The second kappa shape index (κ2) is 8.93. The SMILES string of the molecule is c1ccc(B2c3cccc4c3N3c5c2ccc2c5B5c6c(ccc(c63)B4c3ccccc3)-n3c4ccccc4c4cc6c7ccccc7n-2c6c5c43)cc1. The highest BCUT2D eigenvalue weighted by Crippen LogP contribution is 2.47. The molecule has 0 atom stereocenters. The Labute approximate surface area is 311 Å². The van der Waals surface area contributed by atoms with Gasteiger partial charge in [-0.3, -0.25) is 0 Å². The van der Waals surface area contributed by atoms with Gasteiger partial charge in [0.25, 0.3) is 6.71 Å². The van der Waals surface area contributed by atoms with Gasteiger partial charge in [-0.15, -0.1) is 0 Å². The minimum atomic E-state index is 0.107. The Bertz CT molecular complexity index is 3200. The first-order chi connectivity index (χ1) is 26.9. The predicted octanol–water partition coefficient (Wildman–Crippen LogP) is 4.47. The Hall–Kier alpha value is -6.65. The summed E-state index contributed by atoms with van der Waals surface area (Å²) in [5, 5.41) is 5.36. The van der Waals surface area contributed by atoms with E-state index in [1.54, 1.807) is 0 Å². The van der Waals surface area contributed by atoms with Crippen LogP contribution >= 0.6 is 0 Å². The molecule has 0 amide bonds. The van der Waals surface area contributed by atoms with Crippen LogP contribution in [0, 0.1) is 0 Å². The van der Waals surface area contributed by atoms with E-state index in [1.165, 1.54) is 121 Å². The van der Waals surface area contributed by atoms with Crippen molar-refractivity contribution in [2.24, 2.45) is 0 Å². The number of hydrogen-bond donors (Lipinski definition) is 0. The fraction of sp³-hybridized carbons (Fsp3) is 0. The molecule has 54 heavy (non-hydrogen) atoms. The van der Waals surface area contributed by atoms with E-state index in [0.717, 1.165) is 0 Å². The van der Waals surface area contributed by atoms with Gasteiger partial charge in [-0.05, 0) is 68.6 Å². The van der Waals surface area contributed by atoms with E-state index in [2.05, 4.69) is 172 Å². The van der Waals surface area contributed by atoms with Gasteiger partial charge >= 0.3 is 0 Å². The second-order valence-electron chi connectivity index (χ2n) is 15.9. The van der Waals surface area contributed by atoms with Crippen molar-refractivity contribution < 1.29 is 0 Å². The van der Waals surface area contributed by atoms with Gasteiger partial charge in [0.1, 0.15) is 0 Å². The standard InChI is InChI=1S/C48H26B3N3/c1-3-12-27(13-4-1)49-33-18-11-19-34-46(33)54-47-35(49)22-24-39-41(47)51-42-40(25-23-36(48(42)54)50(34)28-14-5-2-6-15-28)53-38-21-10-8-17-30(38)32-26-31-29-16-7-9-20-37(29)52(39)44(31)43(51)45(32)53/h1-26H. The zero-order valence-corrected chi connectivity index (χ0v) is 29.1. The predicted molar refractivity (Wildman–Crippen MR) is 230 cm³/mol. The molecule has 7 heterocycles. The minimum Gasteiger partial charge on any atom is -0.313 e. The maximum atomic E-state index is 2.74. The Morgan fingerprint density at radius 3 is 1.31 bits per heavy atom. The Balaban J connectivity index is 1.22. The van der Waals surface area contributed by atoms with E-state index in [4.69, 9.17) is 0 Å². The van der Waals surface area contributed by atoms with Crippen molar-refractivity contribution in [1.82, 2.24) is 9.13 Å². The Kier molecular flexibility index (Phi) is 4.47. The summed E-state index contributed by atoms with van der Waals surface area (Å²) in [6, 6.07) is 60.2. The molecule has 242 valence electrons. The quantitative estimate of drug-likeness (QED) is 0.247. The van der Waals surface area contributed by atoms with E-state index < -0.39 is 0 Å². The molecule has 2 aromatic heterocycles. The van der Waals surface area contributed by atoms with Crippen molar-refractivity contribution in [2.45, 2.75) is 0 Å². The molecular weight excluding hydrogens is 651 g/mol. The lowest BCUT2D eigenvalue weighted by molar-refractivity contribution is 1.15. The smallest absolute Gasteiger partial charge is 0.257 e. The van der Waals surface area contributed by atoms with E-state index in [-0.39, 0.29) is 20.1 Å². The van der Waals surface area contributed by atoms with Crippen molar-refractivity contribution in [3.05, 3.63) is 158 Å². The number of aromatic nitrogens is 2. The van der Waals surface area contributed by atoms with Gasteiger partial charge in [0.05, 0.1) is 22.1 Å². The van der Waals surface area contributed by atoms with Crippen LogP contribution in [0.4, 0.5) is 17.1 Å². The van der Waals surface area contributed by atoms with Crippen LogP contribution in [-0.4, -0.2) is 29.3 Å². The summed E-state index contributed by atoms with van der Waals surface area (Å²) in [6.45, 7) is 0.346. The molecule has 3 nitrogen and oxygen atoms in total. The van der Waals surface area contributed by atoms with Crippen molar-refractivity contribution >= 4 is 130 Å². The molecule has 5 aliphatic rings. The highest BCUT2D eigenvalue weighted by Gasteiger charge is 2.54. The first kappa shape index (κ1) is 27.0. The second-order valence-corrected chi connectivity index (χ2v) is 15.9. The molecule has 6 heteroatoms. The monoisotopic (exact) mass is 677 g/mol. The molecule has 0 bridgehead atoms. The lowest BCUT2D eigenvalue weighted by atomic mass is 9.25. The highest BCUT2D eigenvalue weighted by molar-refractivity contribution is 7.08. The number of nitrogens with zero attached hydrogens (tertiary/aromatic N) is 3. The first-order valence-electron chi connectivity index (χ1n) is 19.2. The molecule has 0 spiro atoms. The summed E-state index contributed by atoms with van der Waals surface area (Å²) in [7, 11) is 0. The van der Waals surface area contributed by atoms with Crippen LogP contribution in [0.15, 0.2) is 158 Å². The van der Waals surface area contributed by atoms with Crippen LogP contribution in [0.5, 0.6) is 0 Å². The molecule has 0 saturated carbocycles. The molecule has 8 aromatic carbocycles. The molecule has 0 aliphatic carbocycles. The fourth-order valence-corrected chi connectivity index (χ4v) is 12.0. The lowest BCUT2D eigenvalue weighted by Crippen LogP contribution is -2.73. The first-order valence-corrected chi connectivity index (χ1v) is 19.2. The van der Waals surface area contributed by atoms with Crippen molar-refractivity contribution in [3.63, 3.8) is 0 Å². The van der Waals surface area contributed by atoms with Crippen molar-refractivity contribution in [3.8, 4) is 11.4 Å². The van der Waals surface area contributed by atoms with Crippen LogP contribution < -0.4 is 54.1 Å². The average molecular weight is 677 g/mol. The maximum absolute atomic E-state index is 2.74. The number of para-hydroxylation sites is 3. The van der Waals surface area contributed by atoms with Crippen molar-refractivity contribution in [1.29, 1.82) is 0 Å². The molecule has 0 saturated heterocycles. The van der Waals surface area contributed by atoms with Crippen LogP contribution in [0.25, 0.3) is 55.0 Å². The van der Waals surface area contributed by atoms with E-state index in [1.807, 2.05) is 0 Å². The minimum absolute atomic E-state index is 0.107. The third kappa shape index (κ3) is 2.77. The highest BCUT2D eigenvalue weighted by atomic mass is 15.2. The van der Waals surface area contributed by atoms with E-state index in [0.29, 0.717) is 0 Å². The number of anilines is 3. The van der Waals surface area contributed by atoms with Gasteiger partial charge in [-0.2, -0.15) is 0 Å². The van der Waals surface area contributed by atoms with E-state index in [9.17, 15) is 0 Å². The molecular formula is C48H26B3N3. The third-order valence-electron chi connectivity index (χ3n) is 13.7. The zero-order valence-electron chi connectivity index (χ0n) is 29.1. The van der Waals surface area contributed by atoms with Gasteiger partial charge in [0.15, 0.2) is 0 Å². The summed E-state index contributed by atoms with van der Waals surface area (Å²) in [5.41, 5.74) is 24.8. The Morgan fingerprint density at radius 2 is 0.796 bits per heavy atom. The fourth-order valence-electron chi connectivity index (χ4n) is 12.0. The van der Waals surface area contributed by atoms with E-state index >= 15 is 0 Å². The molecule has 0 unspecified atom stereocenters.